The molecule has 3 aromatic rings. The third-order valence-electron chi connectivity index (χ3n) is 5.91. The largest absolute Gasteiger partial charge is 0.488 e. The number of fused-ring (bicyclic) bond motifs is 1. The second-order valence-corrected chi connectivity index (χ2v) is 7.96. The Morgan fingerprint density at radius 1 is 1.13 bits per heavy atom. The molecule has 0 spiro atoms. The van der Waals surface area contributed by atoms with Crippen molar-refractivity contribution in [1.82, 2.24) is 19.5 Å². The van der Waals surface area contributed by atoms with Gasteiger partial charge in [-0.3, -0.25) is 4.57 Å². The standard InChI is InChI=1S/C21H24FN5O4/c22-13-7-3-4-8-14(13)30-9-15-17(28)18(29)21(31-15)27-11-25-16-19(23-10-24-20(16)27)26-12-5-1-2-6-12/h3-4,7-8,10-12,15,17-18,21,28-29H,1-2,5-6,9H2,(H,23,24,26)/t15-,17+,18+,21-/m1/s1. The number of hydrogen-bond donors (Lipinski definition) is 3. The Balaban J connectivity index is 1.34. The quantitative estimate of drug-likeness (QED) is 0.545. The highest BCUT2D eigenvalue weighted by Crippen LogP contribution is 2.33. The van der Waals surface area contributed by atoms with Crippen LogP contribution in [0.15, 0.2) is 36.9 Å². The van der Waals surface area contributed by atoms with E-state index in [9.17, 15) is 14.6 Å². The number of halogens is 1. The van der Waals surface area contributed by atoms with Crippen LogP contribution in [0.4, 0.5) is 10.2 Å². The van der Waals surface area contributed by atoms with Crippen LogP contribution < -0.4 is 10.1 Å². The molecule has 1 aliphatic heterocycles. The Kier molecular flexibility index (Phi) is 5.43. The molecule has 2 fully saturated rings. The van der Waals surface area contributed by atoms with Gasteiger partial charge in [0, 0.05) is 6.04 Å². The summed E-state index contributed by atoms with van der Waals surface area (Å²) in [4.78, 5) is 13.0. The van der Waals surface area contributed by atoms with Crippen molar-refractivity contribution in [3.8, 4) is 5.75 Å². The summed E-state index contributed by atoms with van der Waals surface area (Å²) in [7, 11) is 0. The van der Waals surface area contributed by atoms with Gasteiger partial charge in [0.15, 0.2) is 34.8 Å². The van der Waals surface area contributed by atoms with E-state index < -0.39 is 30.4 Å². The molecular weight excluding hydrogens is 405 g/mol. The smallest absolute Gasteiger partial charge is 0.167 e. The molecule has 5 rings (SSSR count). The predicted octanol–water partition coefficient (Wildman–Crippen LogP) is 2.02. The van der Waals surface area contributed by atoms with Crippen molar-refractivity contribution in [1.29, 1.82) is 0 Å². The molecule has 3 heterocycles. The number of benzene rings is 1. The zero-order chi connectivity index (χ0) is 21.4. The molecule has 4 atom stereocenters. The molecule has 3 N–H and O–H groups in total. The fourth-order valence-corrected chi connectivity index (χ4v) is 4.24. The van der Waals surface area contributed by atoms with Crippen LogP contribution in [0.1, 0.15) is 31.9 Å². The minimum atomic E-state index is -1.23. The first-order valence-electron chi connectivity index (χ1n) is 10.4. The van der Waals surface area contributed by atoms with Crippen LogP contribution in [-0.4, -0.2) is 60.7 Å². The molecule has 1 aromatic carbocycles. The molecule has 2 aliphatic rings. The molecule has 0 radical (unpaired) electrons. The van der Waals surface area contributed by atoms with Crippen molar-refractivity contribution >= 4 is 17.0 Å². The molecule has 1 saturated carbocycles. The fraction of sp³-hybridized carbons (Fsp3) is 0.476. The van der Waals surface area contributed by atoms with E-state index >= 15 is 0 Å². The Morgan fingerprint density at radius 2 is 1.94 bits per heavy atom. The van der Waals surface area contributed by atoms with Crippen LogP contribution in [-0.2, 0) is 4.74 Å². The minimum Gasteiger partial charge on any atom is -0.488 e. The van der Waals surface area contributed by atoms with Crippen molar-refractivity contribution in [2.45, 2.75) is 56.3 Å². The lowest BCUT2D eigenvalue weighted by molar-refractivity contribution is -0.0477. The lowest BCUT2D eigenvalue weighted by Crippen LogP contribution is -2.34. The third-order valence-corrected chi connectivity index (χ3v) is 5.91. The molecule has 31 heavy (non-hydrogen) atoms. The van der Waals surface area contributed by atoms with Crippen LogP contribution in [0.3, 0.4) is 0 Å². The number of rotatable bonds is 6. The molecule has 0 bridgehead atoms. The molecule has 9 nitrogen and oxygen atoms in total. The van der Waals surface area contributed by atoms with Crippen molar-refractivity contribution in [2.75, 3.05) is 11.9 Å². The van der Waals surface area contributed by atoms with Gasteiger partial charge in [0.2, 0.25) is 0 Å². The second kappa shape index (κ2) is 8.37. The van der Waals surface area contributed by atoms with Crippen LogP contribution >= 0.6 is 0 Å². The number of ether oxygens (including phenoxy) is 2. The summed E-state index contributed by atoms with van der Waals surface area (Å²) in [6, 6.07) is 6.34. The van der Waals surface area contributed by atoms with E-state index in [1.165, 1.54) is 37.6 Å². The highest BCUT2D eigenvalue weighted by molar-refractivity contribution is 5.82. The fourth-order valence-electron chi connectivity index (χ4n) is 4.24. The number of aliphatic hydroxyl groups excluding tert-OH is 2. The Hall–Kier alpha value is -2.82. The molecule has 0 unspecified atom stereocenters. The third kappa shape index (κ3) is 3.82. The second-order valence-electron chi connectivity index (χ2n) is 7.96. The SMILES string of the molecule is O[C@@H]1[C@H](O)[C@H](n2cnc3c(NC4CCCC4)ncnc32)O[C@@H]1COc1ccccc1F. The van der Waals surface area contributed by atoms with E-state index in [-0.39, 0.29) is 12.4 Å². The summed E-state index contributed by atoms with van der Waals surface area (Å²) in [5.74, 6) is 0.189. The molecular formula is C21H24FN5O4. The highest BCUT2D eigenvalue weighted by Gasteiger charge is 2.44. The first kappa shape index (κ1) is 20.1. The van der Waals surface area contributed by atoms with Gasteiger partial charge in [-0.2, -0.15) is 0 Å². The van der Waals surface area contributed by atoms with Gasteiger partial charge in [0.1, 0.15) is 31.2 Å². The number of nitrogens with one attached hydrogen (secondary N) is 1. The van der Waals surface area contributed by atoms with E-state index in [2.05, 4.69) is 20.3 Å². The Labute approximate surface area is 177 Å². The first-order chi connectivity index (χ1) is 15.1. The van der Waals surface area contributed by atoms with Gasteiger partial charge in [-0.15, -0.1) is 0 Å². The molecule has 10 heteroatoms. The molecule has 1 saturated heterocycles. The Bertz CT molecular complexity index is 1060. The number of aromatic nitrogens is 4. The van der Waals surface area contributed by atoms with E-state index in [0.717, 1.165) is 12.8 Å². The lowest BCUT2D eigenvalue weighted by Gasteiger charge is -2.17. The van der Waals surface area contributed by atoms with Gasteiger partial charge in [0.05, 0.1) is 6.33 Å². The van der Waals surface area contributed by atoms with Gasteiger partial charge in [-0.05, 0) is 25.0 Å². The number of nitrogens with zero attached hydrogens (tertiary/aromatic N) is 4. The number of anilines is 1. The summed E-state index contributed by atoms with van der Waals surface area (Å²) in [5.41, 5.74) is 1.06. The van der Waals surface area contributed by atoms with E-state index in [1.807, 2.05) is 0 Å². The summed E-state index contributed by atoms with van der Waals surface area (Å²) in [6.07, 6.45) is 3.30. The van der Waals surface area contributed by atoms with Gasteiger partial charge < -0.3 is 25.0 Å². The summed E-state index contributed by atoms with van der Waals surface area (Å²) in [5, 5.41) is 24.5. The number of aliphatic hydroxyl groups is 2. The average molecular weight is 429 g/mol. The van der Waals surface area contributed by atoms with Gasteiger partial charge in [0.25, 0.3) is 0 Å². The van der Waals surface area contributed by atoms with Crippen molar-refractivity contribution < 1.29 is 24.1 Å². The lowest BCUT2D eigenvalue weighted by atomic mass is 10.1. The summed E-state index contributed by atoms with van der Waals surface area (Å²) >= 11 is 0. The van der Waals surface area contributed by atoms with Gasteiger partial charge in [-0.1, -0.05) is 25.0 Å². The average Bonchev–Trinajstić information content (AvgIpc) is 3.50. The van der Waals surface area contributed by atoms with Crippen LogP contribution in [0, 0.1) is 5.82 Å². The van der Waals surface area contributed by atoms with Crippen molar-refractivity contribution in [3.05, 3.63) is 42.7 Å². The zero-order valence-electron chi connectivity index (χ0n) is 16.8. The van der Waals surface area contributed by atoms with Gasteiger partial charge in [-0.25, -0.2) is 19.3 Å². The molecule has 0 amide bonds. The molecule has 2 aromatic heterocycles. The first-order valence-corrected chi connectivity index (χ1v) is 10.4. The Morgan fingerprint density at radius 3 is 2.74 bits per heavy atom. The topological polar surface area (TPSA) is 115 Å². The molecule has 1 aliphatic carbocycles. The maximum Gasteiger partial charge on any atom is 0.167 e. The van der Waals surface area contributed by atoms with Crippen LogP contribution in [0.2, 0.25) is 0 Å². The normalized spacial score (nSPS) is 26.5. The van der Waals surface area contributed by atoms with E-state index in [0.29, 0.717) is 23.0 Å². The van der Waals surface area contributed by atoms with Gasteiger partial charge >= 0.3 is 0 Å². The van der Waals surface area contributed by atoms with E-state index in [4.69, 9.17) is 9.47 Å². The number of para-hydroxylation sites is 1. The van der Waals surface area contributed by atoms with E-state index in [1.54, 1.807) is 16.7 Å². The molecule has 164 valence electrons. The number of imidazole rings is 1. The maximum atomic E-state index is 13.8. The van der Waals surface area contributed by atoms with Crippen LogP contribution in [0.5, 0.6) is 5.75 Å². The monoisotopic (exact) mass is 429 g/mol. The van der Waals surface area contributed by atoms with Crippen molar-refractivity contribution in [2.24, 2.45) is 0 Å². The van der Waals surface area contributed by atoms with Crippen LogP contribution in [0.25, 0.3) is 11.2 Å². The highest BCUT2D eigenvalue weighted by atomic mass is 19.1. The minimum absolute atomic E-state index is 0.0553. The number of hydrogen-bond acceptors (Lipinski definition) is 8. The summed E-state index contributed by atoms with van der Waals surface area (Å²) < 4.78 is 26.7. The maximum absolute atomic E-state index is 13.8. The zero-order valence-corrected chi connectivity index (χ0v) is 16.8. The predicted molar refractivity (Wildman–Crippen MR) is 109 cm³/mol. The van der Waals surface area contributed by atoms with Crippen molar-refractivity contribution in [3.63, 3.8) is 0 Å². The summed E-state index contributed by atoms with van der Waals surface area (Å²) in [6.45, 7) is -0.119.